The average molecular weight is 326 g/mol. The highest BCUT2D eigenvalue weighted by atomic mass is 32.2. The van der Waals surface area contributed by atoms with Crippen molar-refractivity contribution >= 4 is 15.9 Å². The molecule has 2 aliphatic rings. The quantitative estimate of drug-likeness (QED) is 0.839. The van der Waals surface area contributed by atoms with E-state index in [1.54, 1.807) is 17.0 Å². The van der Waals surface area contributed by atoms with Crippen molar-refractivity contribution in [3.63, 3.8) is 0 Å². The zero-order valence-electron chi connectivity index (χ0n) is 12.5. The van der Waals surface area contributed by atoms with E-state index in [0.717, 1.165) is 5.56 Å². The van der Waals surface area contributed by atoms with Crippen molar-refractivity contribution in [2.45, 2.75) is 19.4 Å². The number of amides is 1. The van der Waals surface area contributed by atoms with Gasteiger partial charge >= 0.3 is 0 Å². The van der Waals surface area contributed by atoms with E-state index in [9.17, 15) is 17.6 Å². The van der Waals surface area contributed by atoms with Gasteiger partial charge in [-0.3, -0.25) is 4.79 Å². The van der Waals surface area contributed by atoms with Crippen LogP contribution in [0, 0.1) is 11.2 Å². The van der Waals surface area contributed by atoms with Gasteiger partial charge in [-0.1, -0.05) is 12.1 Å². The molecule has 7 heteroatoms. The fourth-order valence-electron chi connectivity index (χ4n) is 3.40. The minimum absolute atomic E-state index is 0.0112. The summed E-state index contributed by atoms with van der Waals surface area (Å²) in [7, 11) is -3.26. The first-order valence-electron chi connectivity index (χ1n) is 7.29. The Balaban J connectivity index is 1.73. The summed E-state index contributed by atoms with van der Waals surface area (Å²) in [5.41, 5.74) is 0.166. The van der Waals surface area contributed by atoms with Crippen LogP contribution < -0.4 is 0 Å². The van der Waals surface area contributed by atoms with Crippen LogP contribution in [0.1, 0.15) is 18.4 Å². The summed E-state index contributed by atoms with van der Waals surface area (Å²) in [6, 6.07) is 6.22. The van der Waals surface area contributed by atoms with Gasteiger partial charge in [-0.15, -0.1) is 0 Å². The van der Waals surface area contributed by atoms with E-state index < -0.39 is 15.4 Å². The normalized spacial score (nSPS) is 26.3. The lowest BCUT2D eigenvalue weighted by Gasteiger charge is -2.23. The monoisotopic (exact) mass is 326 g/mol. The molecular formula is C15H19FN2O3S. The van der Waals surface area contributed by atoms with Crippen LogP contribution in [0.25, 0.3) is 0 Å². The Hall–Kier alpha value is -1.47. The third kappa shape index (κ3) is 2.75. The zero-order chi connectivity index (χ0) is 16.0. The number of likely N-dealkylation sites (tertiary alicyclic amines) is 1. The number of nitrogens with zero attached hydrogens (tertiary/aromatic N) is 2. The molecule has 0 saturated carbocycles. The van der Waals surface area contributed by atoms with Crippen LogP contribution in [0.4, 0.5) is 4.39 Å². The molecule has 2 aliphatic heterocycles. The highest BCUT2D eigenvalue weighted by Crippen LogP contribution is 2.41. The number of carbonyl (C=O) groups is 1. The van der Waals surface area contributed by atoms with E-state index in [-0.39, 0.29) is 18.3 Å². The lowest BCUT2D eigenvalue weighted by Crippen LogP contribution is -2.37. The molecule has 1 spiro atoms. The van der Waals surface area contributed by atoms with Gasteiger partial charge in [0.1, 0.15) is 5.82 Å². The second-order valence-corrected chi connectivity index (χ2v) is 8.22. The average Bonchev–Trinajstić information content (AvgIpc) is 2.99. The minimum atomic E-state index is -3.26. The molecule has 0 radical (unpaired) electrons. The molecule has 1 aromatic rings. The SMILES string of the molecule is CS(=O)(=O)N1CCC2(CCN(Cc3cccc(F)c3)C2=O)C1. The number of rotatable bonds is 3. The smallest absolute Gasteiger partial charge is 0.230 e. The van der Waals surface area contributed by atoms with Crippen molar-refractivity contribution in [2.75, 3.05) is 25.9 Å². The second kappa shape index (κ2) is 5.31. The predicted molar refractivity (Wildman–Crippen MR) is 79.9 cm³/mol. The lowest BCUT2D eigenvalue weighted by atomic mass is 9.86. The second-order valence-electron chi connectivity index (χ2n) is 6.23. The van der Waals surface area contributed by atoms with Crippen LogP contribution in [0.3, 0.4) is 0 Å². The van der Waals surface area contributed by atoms with Gasteiger partial charge in [0.15, 0.2) is 0 Å². The van der Waals surface area contributed by atoms with Gasteiger partial charge in [0.2, 0.25) is 15.9 Å². The highest BCUT2D eigenvalue weighted by molar-refractivity contribution is 7.88. The lowest BCUT2D eigenvalue weighted by molar-refractivity contribution is -0.135. The Kier molecular flexibility index (Phi) is 3.72. The fraction of sp³-hybridized carbons (Fsp3) is 0.533. The first-order valence-corrected chi connectivity index (χ1v) is 9.14. The Morgan fingerprint density at radius 2 is 2.00 bits per heavy atom. The summed E-state index contributed by atoms with van der Waals surface area (Å²) >= 11 is 0. The van der Waals surface area contributed by atoms with Crippen molar-refractivity contribution in [3.05, 3.63) is 35.6 Å². The van der Waals surface area contributed by atoms with E-state index in [0.29, 0.717) is 32.5 Å². The third-order valence-electron chi connectivity index (χ3n) is 4.65. The maximum absolute atomic E-state index is 13.2. The van der Waals surface area contributed by atoms with E-state index in [1.807, 2.05) is 0 Å². The number of carbonyl (C=O) groups excluding carboxylic acids is 1. The van der Waals surface area contributed by atoms with E-state index in [1.165, 1.54) is 22.7 Å². The topological polar surface area (TPSA) is 57.7 Å². The maximum atomic E-state index is 13.2. The molecule has 0 bridgehead atoms. The van der Waals surface area contributed by atoms with Crippen LogP contribution in [-0.2, 0) is 21.4 Å². The molecule has 0 aliphatic carbocycles. The van der Waals surface area contributed by atoms with Gasteiger partial charge in [0.05, 0.1) is 11.7 Å². The summed E-state index contributed by atoms with van der Waals surface area (Å²) < 4.78 is 37.9. The molecule has 1 unspecified atom stereocenters. The van der Waals surface area contributed by atoms with Gasteiger partial charge in [0, 0.05) is 26.2 Å². The van der Waals surface area contributed by atoms with Crippen molar-refractivity contribution in [1.82, 2.24) is 9.21 Å². The largest absolute Gasteiger partial charge is 0.338 e. The van der Waals surface area contributed by atoms with Crippen LogP contribution in [0.2, 0.25) is 0 Å². The molecule has 2 saturated heterocycles. The van der Waals surface area contributed by atoms with E-state index in [2.05, 4.69) is 0 Å². The van der Waals surface area contributed by atoms with Gasteiger partial charge in [0.25, 0.3) is 0 Å². The Morgan fingerprint density at radius 3 is 2.64 bits per heavy atom. The highest BCUT2D eigenvalue weighted by Gasteiger charge is 2.52. The molecule has 1 atom stereocenters. The van der Waals surface area contributed by atoms with Crippen LogP contribution in [0.15, 0.2) is 24.3 Å². The summed E-state index contributed by atoms with van der Waals surface area (Å²) in [6.45, 7) is 1.63. The summed E-state index contributed by atoms with van der Waals surface area (Å²) in [4.78, 5) is 14.4. The number of halogens is 1. The van der Waals surface area contributed by atoms with Crippen molar-refractivity contribution in [3.8, 4) is 0 Å². The molecule has 2 heterocycles. The number of sulfonamides is 1. The van der Waals surface area contributed by atoms with Crippen LogP contribution >= 0.6 is 0 Å². The van der Waals surface area contributed by atoms with E-state index in [4.69, 9.17) is 0 Å². The number of benzene rings is 1. The Labute approximate surface area is 129 Å². The van der Waals surface area contributed by atoms with Gasteiger partial charge in [-0.05, 0) is 30.5 Å². The summed E-state index contributed by atoms with van der Waals surface area (Å²) in [6.07, 6.45) is 2.40. The third-order valence-corrected chi connectivity index (χ3v) is 5.90. The van der Waals surface area contributed by atoms with Gasteiger partial charge < -0.3 is 4.90 Å². The molecule has 120 valence electrons. The van der Waals surface area contributed by atoms with Gasteiger partial charge in [-0.25, -0.2) is 17.1 Å². The molecule has 0 aromatic heterocycles. The molecular weight excluding hydrogens is 307 g/mol. The van der Waals surface area contributed by atoms with Crippen molar-refractivity contribution in [2.24, 2.45) is 5.41 Å². The number of hydrogen-bond acceptors (Lipinski definition) is 3. The maximum Gasteiger partial charge on any atom is 0.230 e. The summed E-state index contributed by atoms with van der Waals surface area (Å²) in [5, 5.41) is 0. The first kappa shape index (κ1) is 15.4. The summed E-state index contributed by atoms with van der Waals surface area (Å²) in [5.74, 6) is -0.328. The minimum Gasteiger partial charge on any atom is -0.338 e. The fourth-order valence-corrected chi connectivity index (χ4v) is 4.30. The molecule has 1 aromatic carbocycles. The Morgan fingerprint density at radius 1 is 1.27 bits per heavy atom. The Bertz CT molecular complexity index is 706. The number of hydrogen-bond donors (Lipinski definition) is 0. The predicted octanol–water partition coefficient (Wildman–Crippen LogP) is 1.21. The molecule has 22 heavy (non-hydrogen) atoms. The zero-order valence-corrected chi connectivity index (χ0v) is 13.3. The molecule has 0 N–H and O–H groups in total. The van der Waals surface area contributed by atoms with Crippen molar-refractivity contribution < 1.29 is 17.6 Å². The molecule has 1 amide bonds. The van der Waals surface area contributed by atoms with E-state index >= 15 is 0 Å². The van der Waals surface area contributed by atoms with Crippen molar-refractivity contribution in [1.29, 1.82) is 0 Å². The molecule has 3 rings (SSSR count). The first-order chi connectivity index (χ1) is 10.3. The molecule has 5 nitrogen and oxygen atoms in total. The van der Waals surface area contributed by atoms with Crippen LogP contribution in [0.5, 0.6) is 0 Å². The van der Waals surface area contributed by atoms with Gasteiger partial charge in [-0.2, -0.15) is 0 Å². The standard InChI is InChI=1S/C15H19FN2O3S/c1-22(20,21)18-8-6-15(11-18)5-7-17(14(15)19)10-12-3-2-4-13(16)9-12/h2-4,9H,5-8,10-11H2,1H3. The molecule has 2 fully saturated rings. The van der Waals surface area contributed by atoms with Crippen LogP contribution in [-0.4, -0.2) is 49.4 Å².